The van der Waals surface area contributed by atoms with Crippen molar-refractivity contribution in [1.82, 2.24) is 108 Å². The third-order valence-corrected chi connectivity index (χ3v) is 26.4. The van der Waals surface area contributed by atoms with Crippen LogP contribution in [0.4, 0.5) is 9.59 Å². The van der Waals surface area contributed by atoms with Crippen LogP contribution in [-0.4, -0.2) is 362 Å². The van der Waals surface area contributed by atoms with Gasteiger partial charge in [-0.3, -0.25) is 86.3 Å². The van der Waals surface area contributed by atoms with Crippen LogP contribution in [0.5, 0.6) is 5.75 Å². The maximum Gasteiger partial charge on any atom is 0.323 e. The highest BCUT2D eigenvalue weighted by molar-refractivity contribution is 8.00. The van der Waals surface area contributed by atoms with E-state index < -0.39 is 278 Å². The number of urea groups is 2. The maximum atomic E-state index is 16.2. The van der Waals surface area contributed by atoms with Gasteiger partial charge in [-0.2, -0.15) is 0 Å². The van der Waals surface area contributed by atoms with E-state index in [0.717, 1.165) is 41.2 Å². The zero-order chi connectivity index (χ0) is 106. The molecule has 5 heterocycles. The van der Waals surface area contributed by atoms with Gasteiger partial charge < -0.3 is 134 Å². The first-order valence-electron chi connectivity index (χ1n) is 48.4. The molecule has 47 heteroatoms. The lowest BCUT2D eigenvalue weighted by molar-refractivity contribution is -0.149. The number of aromatic amines is 1. The number of unbranched alkanes of at least 4 members (excludes halogenated alkanes) is 2. The number of hydrogen-bond acceptors (Lipinski definition) is 23. The Bertz CT molecular complexity index is 5440. The summed E-state index contributed by atoms with van der Waals surface area (Å²) in [6, 6.07) is -4.75. The van der Waals surface area contributed by atoms with E-state index in [1.807, 2.05) is 13.8 Å². The number of aliphatic hydroxyl groups is 1. The molecule has 3 aromatic carbocycles. The number of amides is 21. The van der Waals surface area contributed by atoms with Crippen molar-refractivity contribution in [2.75, 3.05) is 93.6 Å². The summed E-state index contributed by atoms with van der Waals surface area (Å²) in [5.74, 6) is -19.7. The molecule has 3 fully saturated rings. The lowest BCUT2D eigenvalue weighted by atomic mass is 9.99. The summed E-state index contributed by atoms with van der Waals surface area (Å²) in [5.41, 5.74) is 13.3. The van der Waals surface area contributed by atoms with Crippen LogP contribution in [0.1, 0.15) is 149 Å². The van der Waals surface area contributed by atoms with Gasteiger partial charge in [0.2, 0.25) is 100 Å². The lowest BCUT2D eigenvalue weighted by Gasteiger charge is -2.36. The molecule has 20 N–H and O–H groups in total. The summed E-state index contributed by atoms with van der Waals surface area (Å²) in [6.07, 6.45) is 0.0587. The number of hydrogen-bond donors (Lipinski definition) is 18. The number of phenolic OH excluding ortho intramolecular Hbond substituents is 1. The second-order valence-corrected chi connectivity index (χ2v) is 39.0. The van der Waals surface area contributed by atoms with Gasteiger partial charge in [0.05, 0.1) is 24.8 Å². The number of nitrogens with two attached hydrogens (primary N) is 2. The number of fused-ring (bicyclic) bond motifs is 4. The number of para-hydroxylation sites is 2. The van der Waals surface area contributed by atoms with E-state index in [1.165, 1.54) is 96.2 Å². The molecule has 0 spiro atoms. The van der Waals surface area contributed by atoms with E-state index in [-0.39, 0.29) is 82.5 Å². The summed E-state index contributed by atoms with van der Waals surface area (Å²) in [4.78, 5) is 303. The van der Waals surface area contributed by atoms with E-state index in [4.69, 9.17) is 11.5 Å². The average molecular weight is 2030 g/mol. The number of rotatable bonds is 28. The zero-order valence-electron chi connectivity index (χ0n) is 84.0. The largest absolute Gasteiger partial charge is 0.508 e. The van der Waals surface area contributed by atoms with Crippen LogP contribution in [0.2, 0.25) is 0 Å². The number of benzene rings is 3. The number of nitrogens with zero attached hydrogens (tertiary/aromatic N) is 8. The molecule has 2 aromatic heterocycles. The number of phenols is 1. The number of primary amides is 2. The summed E-state index contributed by atoms with van der Waals surface area (Å²) >= 11 is 0.770. The number of carboxylic acid groups (broad SMARTS) is 1. The SMILES string of the molecule is CCCC[C@H]1C(=O)N(C)[C@@H](CCCC)C(=O)N[C@@H](CC(C)C)C(=O)N[C@H](C(=O)NCC(N)=O)CSCC(=O)N[C@@H](Cc2ccc(O)cc2)C(=O)N(C)[C@@H](C)C(=O)N[C@@H](CC(N)=O)C(=O)N2CCC[C@H]2C(=O)N[C@@H](CNC(=O)N(C)C)C(=O)N[C@@H](CC(C)C)C(=O)N2C[C@H](O)C[C@H]2C(=O)N[C@@H](Cc2c[nH]c3ccccc23)C(=O)N[C@@H](CCNC(=O)N(C)C)C(=O)N[C@@H](Cc2cn(CC(=O)O)c3ccccc23)C(=O)N1C. The molecule has 0 bridgehead atoms. The second-order valence-electron chi connectivity index (χ2n) is 38.0. The summed E-state index contributed by atoms with van der Waals surface area (Å²) in [5, 5.41) is 65.0. The first-order valence-corrected chi connectivity index (χ1v) is 49.5. The molecule has 144 heavy (non-hydrogen) atoms. The average Bonchev–Trinajstić information content (AvgIpc) is 1.70. The van der Waals surface area contributed by atoms with Crippen molar-refractivity contribution >= 4 is 152 Å². The molecule has 46 nitrogen and oxygen atoms in total. The van der Waals surface area contributed by atoms with Gasteiger partial charge in [-0.1, -0.05) is 116 Å². The Morgan fingerprint density at radius 2 is 1.06 bits per heavy atom. The van der Waals surface area contributed by atoms with Crippen molar-refractivity contribution in [3.63, 3.8) is 0 Å². The van der Waals surface area contributed by atoms with Gasteiger partial charge in [0.1, 0.15) is 96.9 Å². The molecule has 0 aliphatic carbocycles. The number of aliphatic carboxylic acids is 1. The molecule has 3 aliphatic heterocycles. The molecule has 3 saturated heterocycles. The normalized spacial score (nSPS) is 23.9. The van der Waals surface area contributed by atoms with Crippen molar-refractivity contribution in [2.24, 2.45) is 23.3 Å². The fourth-order valence-corrected chi connectivity index (χ4v) is 18.3. The maximum absolute atomic E-state index is 16.2. The Kier molecular flexibility index (Phi) is 43.4. The number of aromatic hydroxyl groups is 1. The van der Waals surface area contributed by atoms with Gasteiger partial charge in [0.25, 0.3) is 0 Å². The smallest absolute Gasteiger partial charge is 0.323 e. The van der Waals surface area contributed by atoms with Crippen LogP contribution < -0.4 is 75.3 Å². The number of H-pyrrole nitrogens is 1. The minimum atomic E-state index is -1.83. The molecular weight excluding hydrogens is 1890 g/mol. The summed E-state index contributed by atoms with van der Waals surface area (Å²) in [7, 11) is 9.53. The number of carbonyl (C=O) groups is 20. The van der Waals surface area contributed by atoms with Crippen LogP contribution in [0.15, 0.2) is 85.2 Å². The van der Waals surface area contributed by atoms with Crippen LogP contribution in [0, 0.1) is 11.8 Å². The van der Waals surface area contributed by atoms with E-state index >= 15 is 38.4 Å². The minimum Gasteiger partial charge on any atom is -0.508 e. The molecule has 0 radical (unpaired) electrons. The zero-order valence-corrected chi connectivity index (χ0v) is 84.8. The number of aliphatic hydroxyl groups excluding tert-OH is 1. The fraction of sp³-hybridized carbons (Fsp3) is 0.567. The Hall–Kier alpha value is -14.2. The highest BCUT2D eigenvalue weighted by Gasteiger charge is 2.47. The van der Waals surface area contributed by atoms with Crippen LogP contribution >= 0.6 is 11.8 Å². The number of carbonyl (C=O) groups excluding carboxylic acids is 19. The Morgan fingerprint density at radius 3 is 1.70 bits per heavy atom. The van der Waals surface area contributed by atoms with Gasteiger partial charge in [-0.25, -0.2) is 9.59 Å². The highest BCUT2D eigenvalue weighted by atomic mass is 32.2. The van der Waals surface area contributed by atoms with Gasteiger partial charge in [-0.15, -0.1) is 11.8 Å². The minimum absolute atomic E-state index is 0.0248. The predicted octanol–water partition coefficient (Wildman–Crippen LogP) is -1.61. The van der Waals surface area contributed by atoms with Crippen LogP contribution in [-0.2, 0) is 112 Å². The quantitative estimate of drug-likeness (QED) is 0.0268. The van der Waals surface area contributed by atoms with E-state index in [9.17, 15) is 72.9 Å². The van der Waals surface area contributed by atoms with Crippen molar-refractivity contribution in [1.29, 1.82) is 0 Å². The molecule has 21 amide bonds. The Morgan fingerprint density at radius 1 is 0.528 bits per heavy atom. The second kappa shape index (κ2) is 54.4. The van der Waals surface area contributed by atoms with E-state index in [2.05, 4.69) is 68.8 Å². The monoisotopic (exact) mass is 2030 g/mol. The van der Waals surface area contributed by atoms with Crippen LogP contribution in [0.25, 0.3) is 21.8 Å². The Labute approximate surface area is 839 Å². The predicted molar refractivity (Wildman–Crippen MR) is 531 cm³/mol. The van der Waals surface area contributed by atoms with Gasteiger partial charge in [0.15, 0.2) is 0 Å². The lowest BCUT2D eigenvalue weighted by Crippen LogP contribution is -2.62. The molecular formula is C97H141N23O23S. The van der Waals surface area contributed by atoms with Gasteiger partial charge in [-0.05, 0) is 105 Å². The molecule has 5 aromatic rings. The van der Waals surface area contributed by atoms with Gasteiger partial charge >= 0.3 is 18.0 Å². The van der Waals surface area contributed by atoms with E-state index in [1.54, 1.807) is 82.4 Å². The van der Waals surface area contributed by atoms with Gasteiger partial charge in [0, 0.05) is 141 Å². The molecule has 3 aliphatic rings. The first-order chi connectivity index (χ1) is 68.1. The first kappa shape index (κ1) is 115. The summed E-state index contributed by atoms with van der Waals surface area (Å²) in [6.45, 7) is 8.83. The number of nitrogens with one attached hydrogen (secondary N) is 13. The van der Waals surface area contributed by atoms with Crippen molar-refractivity contribution < 1.29 is 111 Å². The molecule has 788 valence electrons. The topological polar surface area (TPSA) is 642 Å². The third-order valence-electron chi connectivity index (χ3n) is 25.4. The number of thioether (sulfide) groups is 1. The summed E-state index contributed by atoms with van der Waals surface area (Å²) < 4.78 is 1.42. The third kappa shape index (κ3) is 32.7. The fourth-order valence-electron chi connectivity index (χ4n) is 17.4. The molecule has 0 unspecified atom stereocenters. The highest BCUT2D eigenvalue weighted by Crippen LogP contribution is 2.29. The molecule has 15 atom stereocenters. The van der Waals surface area contributed by atoms with Crippen molar-refractivity contribution in [3.05, 3.63) is 102 Å². The number of carboxylic acids is 1. The van der Waals surface area contributed by atoms with Crippen molar-refractivity contribution in [2.45, 2.75) is 248 Å². The number of aromatic nitrogens is 2. The standard InChI is InChI=1S/C97H141N23O23S/c1-15-17-27-74-88(134)106-65(38-53(3)4)85(131)112-72(83(129)102-47-79(99)124)51-144-52-80(125)104-68(40-56-31-33-59(121)34-32-56)91(137)115(12)55(7)82(128)108-70(44-78(98)123)93(139)119-37-23-30-75(119)89(135)111-71(46-103-97(143)114(10)11)87(133)109-67(39-54(5)6)94(140)120-49-60(122)43-77(120)90(136)107-66(41-57-45-101-63-26-21-19-24-61(57)63)86(132)105-64(35-36-100-96(142)113(8)9)84(130)110-69(92(138)117(14)76(28-18-16-2)95(141)116(74)13)42-58-48-118(50-81(126)127)73-29-22-20-25-62(58)73/h19-22,24-26,29,31-34,45,48,53-55,60,64-72,74-77,101,121-122H,15-18,23,27-28,30,35-44,46-47,49-52H2,1-14H3,(H2,98,123)(H2,99,124)(H,100,142)(H,102,129)(H,103,143)(H,104,125)(H,105,132)(H,106,134)(H,107,136)(H,108,128)(H,109,133)(H,110,130)(H,111,135)(H,112,131)(H,126,127)/t55-,60+,64-,65-,66-,67-,68-,69-,70-,71-,72-,74-,75-,76-,77-/m0/s1. The number of likely N-dealkylation sites (N-methyl/N-ethyl adjacent to an activating group) is 3. The Balaban J connectivity index is 1.26. The molecule has 0 saturated carbocycles. The van der Waals surface area contributed by atoms with Crippen molar-refractivity contribution in [3.8, 4) is 5.75 Å². The van der Waals surface area contributed by atoms with E-state index in [0.29, 0.717) is 57.8 Å². The van der Waals surface area contributed by atoms with Crippen LogP contribution in [0.3, 0.4) is 0 Å². The molecule has 8 rings (SSSR count).